The van der Waals surface area contributed by atoms with E-state index < -0.39 is 10.5 Å². The van der Waals surface area contributed by atoms with Crippen LogP contribution in [0.3, 0.4) is 0 Å². The van der Waals surface area contributed by atoms with E-state index in [1.165, 1.54) is 29.1 Å². The molecule has 0 saturated heterocycles. The maximum absolute atomic E-state index is 12.7. The summed E-state index contributed by atoms with van der Waals surface area (Å²) in [6.07, 6.45) is 1.33. The zero-order valence-corrected chi connectivity index (χ0v) is 14.5. The SMILES string of the molecule is O=c1c2onc(-c3ccccc3)c2ncn1Cc1ccc(Cl)cc1[N+](=O)[O-]. The van der Waals surface area contributed by atoms with E-state index in [2.05, 4.69) is 10.1 Å². The summed E-state index contributed by atoms with van der Waals surface area (Å²) in [5.41, 5.74) is 1.26. The minimum atomic E-state index is -0.542. The standard InChI is InChI=1S/C18H11ClN4O4/c19-13-7-6-12(14(8-13)23(25)26)9-22-10-20-16-15(11-4-2-1-3-5-11)21-27-17(16)18(22)24/h1-8,10H,9H2. The second-order valence-electron chi connectivity index (χ2n) is 5.78. The number of halogens is 1. The monoisotopic (exact) mass is 382 g/mol. The first-order valence-corrected chi connectivity index (χ1v) is 8.25. The van der Waals surface area contributed by atoms with Crippen LogP contribution in [0, 0.1) is 10.1 Å². The molecule has 2 aromatic heterocycles. The van der Waals surface area contributed by atoms with Crippen LogP contribution >= 0.6 is 11.6 Å². The number of nitro groups is 1. The van der Waals surface area contributed by atoms with Crippen LogP contribution in [-0.2, 0) is 6.54 Å². The molecule has 0 atom stereocenters. The number of nitrogens with zero attached hydrogens (tertiary/aromatic N) is 4. The van der Waals surface area contributed by atoms with Crippen molar-refractivity contribution in [1.29, 1.82) is 0 Å². The Hall–Kier alpha value is -3.52. The predicted octanol–water partition coefficient (Wildman–Crippen LogP) is 3.66. The average molecular weight is 383 g/mol. The first kappa shape index (κ1) is 16.9. The normalized spacial score (nSPS) is 11.0. The topological polar surface area (TPSA) is 104 Å². The fourth-order valence-electron chi connectivity index (χ4n) is 2.78. The van der Waals surface area contributed by atoms with Gasteiger partial charge in [-0.15, -0.1) is 0 Å². The van der Waals surface area contributed by atoms with Gasteiger partial charge in [-0.05, 0) is 12.1 Å². The summed E-state index contributed by atoms with van der Waals surface area (Å²) in [6.45, 7) is -0.0450. The molecule has 0 amide bonds. The number of fused-ring (bicyclic) bond motifs is 1. The van der Waals surface area contributed by atoms with Gasteiger partial charge >= 0.3 is 0 Å². The lowest BCUT2D eigenvalue weighted by Gasteiger charge is -2.06. The third-order valence-corrected chi connectivity index (χ3v) is 4.32. The highest BCUT2D eigenvalue weighted by Crippen LogP contribution is 2.26. The fourth-order valence-corrected chi connectivity index (χ4v) is 2.94. The Balaban J connectivity index is 1.78. The first-order chi connectivity index (χ1) is 13.0. The van der Waals surface area contributed by atoms with Crippen molar-refractivity contribution in [3.8, 4) is 11.3 Å². The third kappa shape index (κ3) is 3.06. The number of aromatic nitrogens is 3. The Morgan fingerprint density at radius 1 is 1.19 bits per heavy atom. The van der Waals surface area contributed by atoms with Crippen molar-refractivity contribution in [3.63, 3.8) is 0 Å². The van der Waals surface area contributed by atoms with Gasteiger partial charge in [0.15, 0.2) is 0 Å². The largest absolute Gasteiger partial charge is 0.348 e. The minimum absolute atomic E-state index is 0.00651. The molecule has 0 fully saturated rings. The molecule has 2 aromatic carbocycles. The summed E-state index contributed by atoms with van der Waals surface area (Å²) in [7, 11) is 0. The Morgan fingerprint density at radius 3 is 2.70 bits per heavy atom. The van der Waals surface area contributed by atoms with E-state index >= 15 is 0 Å². The van der Waals surface area contributed by atoms with Crippen molar-refractivity contribution in [1.82, 2.24) is 14.7 Å². The Bertz CT molecular complexity index is 1220. The molecule has 8 nitrogen and oxygen atoms in total. The molecule has 4 aromatic rings. The van der Waals surface area contributed by atoms with Gasteiger partial charge in [0.25, 0.3) is 16.8 Å². The molecule has 0 saturated carbocycles. The van der Waals surface area contributed by atoms with Crippen LogP contribution in [-0.4, -0.2) is 19.6 Å². The quantitative estimate of drug-likeness (QED) is 0.394. The zero-order chi connectivity index (χ0) is 19.0. The van der Waals surface area contributed by atoms with Gasteiger partial charge in [0.2, 0.25) is 0 Å². The van der Waals surface area contributed by atoms with Crippen LogP contribution in [0.5, 0.6) is 0 Å². The Labute approximate surface area is 156 Å². The number of hydrogen-bond acceptors (Lipinski definition) is 6. The van der Waals surface area contributed by atoms with Crippen LogP contribution in [0.1, 0.15) is 5.56 Å². The van der Waals surface area contributed by atoms with Crippen molar-refractivity contribution in [3.05, 3.63) is 85.9 Å². The van der Waals surface area contributed by atoms with E-state index in [-0.39, 0.29) is 22.8 Å². The number of hydrogen-bond donors (Lipinski definition) is 0. The van der Waals surface area contributed by atoms with Gasteiger partial charge < -0.3 is 4.52 Å². The number of nitro benzene ring substituents is 1. The van der Waals surface area contributed by atoms with Gasteiger partial charge in [0.1, 0.15) is 11.2 Å². The molecule has 27 heavy (non-hydrogen) atoms. The molecule has 0 unspecified atom stereocenters. The highest BCUT2D eigenvalue weighted by atomic mass is 35.5. The van der Waals surface area contributed by atoms with Crippen molar-refractivity contribution in [2.45, 2.75) is 6.54 Å². The highest BCUT2D eigenvalue weighted by Gasteiger charge is 2.19. The number of rotatable bonds is 4. The van der Waals surface area contributed by atoms with Crippen LogP contribution < -0.4 is 5.56 Å². The van der Waals surface area contributed by atoms with Gasteiger partial charge in [0, 0.05) is 22.2 Å². The highest BCUT2D eigenvalue weighted by molar-refractivity contribution is 6.30. The lowest BCUT2D eigenvalue weighted by Crippen LogP contribution is -2.21. The Morgan fingerprint density at radius 2 is 1.96 bits per heavy atom. The average Bonchev–Trinajstić information content (AvgIpc) is 3.10. The molecule has 0 bridgehead atoms. The van der Waals surface area contributed by atoms with Crippen LogP contribution in [0.2, 0.25) is 5.02 Å². The molecule has 134 valence electrons. The minimum Gasteiger partial charge on any atom is -0.348 e. The third-order valence-electron chi connectivity index (χ3n) is 4.08. The molecule has 0 aliphatic carbocycles. The molecule has 0 spiro atoms. The smallest absolute Gasteiger partial charge is 0.300 e. The lowest BCUT2D eigenvalue weighted by molar-refractivity contribution is -0.385. The molecule has 9 heteroatoms. The second-order valence-corrected chi connectivity index (χ2v) is 6.22. The van der Waals surface area contributed by atoms with E-state index in [1.807, 2.05) is 30.3 Å². The fraction of sp³-hybridized carbons (Fsp3) is 0.0556. The molecular formula is C18H11ClN4O4. The molecule has 0 aliphatic heterocycles. The predicted molar refractivity (Wildman–Crippen MR) is 98.7 cm³/mol. The van der Waals surface area contributed by atoms with Crippen molar-refractivity contribution in [2.75, 3.05) is 0 Å². The van der Waals surface area contributed by atoms with E-state index in [0.29, 0.717) is 16.8 Å². The maximum atomic E-state index is 12.7. The van der Waals surface area contributed by atoms with Crippen molar-refractivity contribution >= 4 is 28.4 Å². The maximum Gasteiger partial charge on any atom is 0.300 e. The summed E-state index contributed by atoms with van der Waals surface area (Å²) in [4.78, 5) is 27.7. The van der Waals surface area contributed by atoms with E-state index in [1.54, 1.807) is 0 Å². The van der Waals surface area contributed by atoms with E-state index in [4.69, 9.17) is 16.1 Å². The van der Waals surface area contributed by atoms with E-state index in [9.17, 15) is 14.9 Å². The van der Waals surface area contributed by atoms with Gasteiger partial charge in [-0.25, -0.2) is 4.98 Å². The molecule has 4 rings (SSSR count). The second kappa shape index (κ2) is 6.65. The van der Waals surface area contributed by atoms with Crippen LogP contribution in [0.25, 0.3) is 22.4 Å². The van der Waals surface area contributed by atoms with Crippen LogP contribution in [0.15, 0.2) is 64.2 Å². The summed E-state index contributed by atoms with van der Waals surface area (Å²) < 4.78 is 6.44. The lowest BCUT2D eigenvalue weighted by atomic mass is 10.1. The summed E-state index contributed by atoms with van der Waals surface area (Å²) in [6, 6.07) is 13.5. The van der Waals surface area contributed by atoms with E-state index in [0.717, 1.165) is 5.56 Å². The Kier molecular flexibility index (Phi) is 4.17. The summed E-state index contributed by atoms with van der Waals surface area (Å²) in [5, 5.41) is 15.4. The summed E-state index contributed by atoms with van der Waals surface area (Å²) in [5.74, 6) is 0. The molecule has 2 heterocycles. The van der Waals surface area contributed by atoms with Gasteiger partial charge in [0.05, 0.1) is 17.8 Å². The van der Waals surface area contributed by atoms with Gasteiger partial charge in [-0.2, -0.15) is 0 Å². The molecule has 0 N–H and O–H groups in total. The summed E-state index contributed by atoms with van der Waals surface area (Å²) >= 11 is 5.83. The number of benzene rings is 2. The molecular weight excluding hydrogens is 372 g/mol. The van der Waals surface area contributed by atoms with Crippen LogP contribution in [0.4, 0.5) is 5.69 Å². The van der Waals surface area contributed by atoms with Gasteiger partial charge in [-0.1, -0.05) is 47.1 Å². The molecule has 0 radical (unpaired) electrons. The first-order valence-electron chi connectivity index (χ1n) is 7.87. The molecule has 0 aliphatic rings. The van der Waals surface area contributed by atoms with Crippen molar-refractivity contribution < 1.29 is 9.45 Å². The zero-order valence-electron chi connectivity index (χ0n) is 13.7. The van der Waals surface area contributed by atoms with Gasteiger partial charge in [-0.3, -0.25) is 19.5 Å². The van der Waals surface area contributed by atoms with Crippen molar-refractivity contribution in [2.24, 2.45) is 0 Å².